The SMILES string of the molecule is O=C[C@@H]1CC[C@@H]2C[C@H]2C1. The van der Waals surface area contributed by atoms with E-state index in [2.05, 4.69) is 0 Å². The molecule has 0 aromatic heterocycles. The molecule has 0 heterocycles. The monoisotopic (exact) mass is 124 g/mol. The maximum Gasteiger partial charge on any atom is 0.123 e. The molecule has 2 fully saturated rings. The lowest BCUT2D eigenvalue weighted by molar-refractivity contribution is -0.111. The van der Waals surface area contributed by atoms with Gasteiger partial charge in [0.05, 0.1) is 0 Å². The van der Waals surface area contributed by atoms with E-state index < -0.39 is 0 Å². The minimum atomic E-state index is 0.425. The van der Waals surface area contributed by atoms with E-state index in [1.165, 1.54) is 25.7 Å². The highest BCUT2D eigenvalue weighted by molar-refractivity contribution is 5.53. The molecule has 0 amide bonds. The van der Waals surface area contributed by atoms with Crippen LogP contribution in [0.3, 0.4) is 0 Å². The van der Waals surface area contributed by atoms with Gasteiger partial charge in [-0.3, -0.25) is 0 Å². The summed E-state index contributed by atoms with van der Waals surface area (Å²) in [6.07, 6.45) is 6.27. The van der Waals surface area contributed by atoms with Gasteiger partial charge in [-0.25, -0.2) is 0 Å². The highest BCUT2D eigenvalue weighted by Gasteiger charge is 2.41. The van der Waals surface area contributed by atoms with Crippen LogP contribution in [0.15, 0.2) is 0 Å². The molecule has 0 spiro atoms. The predicted molar refractivity (Wildman–Crippen MR) is 35.0 cm³/mol. The maximum atomic E-state index is 10.3. The molecule has 2 aliphatic carbocycles. The first-order valence-corrected chi connectivity index (χ1v) is 3.85. The second-order valence-electron chi connectivity index (χ2n) is 3.47. The molecule has 2 saturated carbocycles. The minimum absolute atomic E-state index is 0.425. The summed E-state index contributed by atoms with van der Waals surface area (Å²) < 4.78 is 0. The van der Waals surface area contributed by atoms with E-state index in [-0.39, 0.29) is 0 Å². The Hall–Kier alpha value is -0.330. The van der Waals surface area contributed by atoms with E-state index in [4.69, 9.17) is 0 Å². The number of rotatable bonds is 1. The second-order valence-corrected chi connectivity index (χ2v) is 3.47. The quantitative estimate of drug-likeness (QED) is 0.485. The van der Waals surface area contributed by atoms with Crippen molar-refractivity contribution in [2.75, 3.05) is 0 Å². The highest BCUT2D eigenvalue weighted by atomic mass is 16.1. The van der Waals surface area contributed by atoms with Gasteiger partial charge in [-0.1, -0.05) is 0 Å². The Morgan fingerprint density at radius 2 is 2.00 bits per heavy atom. The van der Waals surface area contributed by atoms with Gasteiger partial charge in [-0.15, -0.1) is 0 Å². The summed E-state index contributed by atoms with van der Waals surface area (Å²) in [7, 11) is 0. The summed E-state index contributed by atoms with van der Waals surface area (Å²) in [4.78, 5) is 10.3. The normalized spacial score (nSPS) is 47.8. The summed E-state index contributed by atoms with van der Waals surface area (Å²) in [5.74, 6) is 2.41. The fourth-order valence-corrected chi connectivity index (χ4v) is 2.01. The van der Waals surface area contributed by atoms with Crippen LogP contribution in [0.4, 0.5) is 0 Å². The smallest absolute Gasteiger partial charge is 0.123 e. The third-order valence-electron chi connectivity index (χ3n) is 2.78. The molecule has 9 heavy (non-hydrogen) atoms. The molecule has 0 bridgehead atoms. The van der Waals surface area contributed by atoms with Gasteiger partial charge in [0, 0.05) is 5.92 Å². The van der Waals surface area contributed by atoms with Gasteiger partial charge in [-0.2, -0.15) is 0 Å². The summed E-state index contributed by atoms with van der Waals surface area (Å²) in [5, 5.41) is 0. The average Bonchev–Trinajstić information content (AvgIpc) is 2.64. The van der Waals surface area contributed by atoms with E-state index in [1.807, 2.05) is 0 Å². The lowest BCUT2D eigenvalue weighted by Crippen LogP contribution is -2.08. The third-order valence-corrected chi connectivity index (χ3v) is 2.78. The fourth-order valence-electron chi connectivity index (χ4n) is 2.01. The van der Waals surface area contributed by atoms with Gasteiger partial charge < -0.3 is 4.79 Å². The van der Waals surface area contributed by atoms with E-state index >= 15 is 0 Å². The Kier molecular flexibility index (Phi) is 1.11. The van der Waals surface area contributed by atoms with Crippen LogP contribution in [-0.2, 0) is 4.79 Å². The molecule has 0 radical (unpaired) electrons. The van der Waals surface area contributed by atoms with Crippen LogP contribution in [0, 0.1) is 17.8 Å². The molecule has 50 valence electrons. The maximum absolute atomic E-state index is 10.3. The van der Waals surface area contributed by atoms with Crippen molar-refractivity contribution in [3.63, 3.8) is 0 Å². The topological polar surface area (TPSA) is 17.1 Å². The van der Waals surface area contributed by atoms with Crippen LogP contribution in [-0.4, -0.2) is 6.29 Å². The van der Waals surface area contributed by atoms with E-state index in [9.17, 15) is 4.79 Å². The van der Waals surface area contributed by atoms with Gasteiger partial charge in [0.2, 0.25) is 0 Å². The molecule has 0 aliphatic heterocycles. The lowest BCUT2D eigenvalue weighted by Gasteiger charge is -2.13. The Bertz CT molecular complexity index is 131. The Balaban J connectivity index is 1.93. The lowest BCUT2D eigenvalue weighted by atomic mass is 9.91. The second kappa shape index (κ2) is 1.83. The Labute approximate surface area is 55.4 Å². The first-order chi connectivity index (χ1) is 4.40. The zero-order valence-corrected chi connectivity index (χ0v) is 5.55. The number of fused-ring (bicyclic) bond motifs is 1. The number of carbonyl (C=O) groups is 1. The van der Waals surface area contributed by atoms with Crippen molar-refractivity contribution in [2.45, 2.75) is 25.7 Å². The molecule has 0 aromatic rings. The van der Waals surface area contributed by atoms with Gasteiger partial charge in [-0.05, 0) is 37.5 Å². The van der Waals surface area contributed by atoms with Crippen LogP contribution in [0.25, 0.3) is 0 Å². The first-order valence-electron chi connectivity index (χ1n) is 3.85. The van der Waals surface area contributed by atoms with Gasteiger partial charge in [0.1, 0.15) is 6.29 Å². The van der Waals surface area contributed by atoms with Crippen LogP contribution in [0.1, 0.15) is 25.7 Å². The van der Waals surface area contributed by atoms with E-state index in [0.29, 0.717) is 5.92 Å². The van der Waals surface area contributed by atoms with Crippen LogP contribution in [0.2, 0.25) is 0 Å². The molecule has 2 rings (SSSR count). The molecule has 2 aliphatic rings. The van der Waals surface area contributed by atoms with Gasteiger partial charge in [0.15, 0.2) is 0 Å². The standard InChI is InChI=1S/C8H12O/c9-5-6-1-2-7-4-8(7)3-6/h5-8H,1-4H2/t6-,7-,8-/m1/s1. The summed E-state index contributed by atoms with van der Waals surface area (Å²) in [5.41, 5.74) is 0. The van der Waals surface area contributed by atoms with Crippen molar-refractivity contribution in [3.05, 3.63) is 0 Å². The van der Waals surface area contributed by atoms with Gasteiger partial charge in [0.25, 0.3) is 0 Å². The van der Waals surface area contributed by atoms with Crippen molar-refractivity contribution < 1.29 is 4.79 Å². The van der Waals surface area contributed by atoms with Crippen molar-refractivity contribution in [1.29, 1.82) is 0 Å². The third kappa shape index (κ3) is 0.887. The molecular formula is C8H12O. The minimum Gasteiger partial charge on any atom is -0.303 e. The van der Waals surface area contributed by atoms with Gasteiger partial charge >= 0.3 is 0 Å². The number of hydrogen-bond acceptors (Lipinski definition) is 1. The molecule has 0 unspecified atom stereocenters. The number of carbonyl (C=O) groups excluding carboxylic acids is 1. The molecule has 0 aromatic carbocycles. The van der Waals surface area contributed by atoms with E-state index in [1.54, 1.807) is 0 Å². The summed E-state index contributed by atoms with van der Waals surface area (Å²) in [6.45, 7) is 0. The fraction of sp³-hybridized carbons (Fsp3) is 0.875. The van der Waals surface area contributed by atoms with Crippen LogP contribution >= 0.6 is 0 Å². The Morgan fingerprint density at radius 1 is 1.11 bits per heavy atom. The van der Waals surface area contributed by atoms with Crippen molar-refractivity contribution in [1.82, 2.24) is 0 Å². The van der Waals surface area contributed by atoms with Crippen molar-refractivity contribution >= 4 is 6.29 Å². The molecule has 1 nitrogen and oxygen atoms in total. The largest absolute Gasteiger partial charge is 0.303 e. The number of hydrogen-bond donors (Lipinski definition) is 0. The number of aldehydes is 1. The molecule has 0 saturated heterocycles. The van der Waals surface area contributed by atoms with Crippen LogP contribution in [0.5, 0.6) is 0 Å². The Morgan fingerprint density at radius 3 is 2.67 bits per heavy atom. The van der Waals surface area contributed by atoms with Crippen molar-refractivity contribution in [2.24, 2.45) is 17.8 Å². The molecule has 0 N–H and O–H groups in total. The zero-order valence-electron chi connectivity index (χ0n) is 5.55. The summed E-state index contributed by atoms with van der Waals surface area (Å²) >= 11 is 0. The molecular weight excluding hydrogens is 112 g/mol. The highest BCUT2D eigenvalue weighted by Crippen LogP contribution is 2.50. The molecule has 3 atom stereocenters. The average molecular weight is 124 g/mol. The predicted octanol–water partition coefficient (Wildman–Crippen LogP) is 1.62. The molecule has 1 heteroatoms. The van der Waals surface area contributed by atoms with E-state index in [0.717, 1.165) is 18.1 Å². The first kappa shape index (κ1) is 5.45. The van der Waals surface area contributed by atoms with Crippen molar-refractivity contribution in [3.8, 4) is 0 Å². The zero-order chi connectivity index (χ0) is 6.27. The van der Waals surface area contributed by atoms with Crippen LogP contribution < -0.4 is 0 Å². The summed E-state index contributed by atoms with van der Waals surface area (Å²) in [6, 6.07) is 0.